The Kier molecular flexibility index (Phi) is 2.68. The van der Waals surface area contributed by atoms with Crippen LogP contribution in [0.1, 0.15) is 5.82 Å². The van der Waals surface area contributed by atoms with Crippen LogP contribution in [0.3, 0.4) is 0 Å². The van der Waals surface area contributed by atoms with Crippen molar-refractivity contribution in [3.63, 3.8) is 0 Å². The van der Waals surface area contributed by atoms with Crippen LogP contribution in [-0.4, -0.2) is 32.3 Å². The van der Waals surface area contributed by atoms with Gasteiger partial charge in [-0.1, -0.05) is 18.2 Å². The molecule has 1 aromatic heterocycles. The van der Waals surface area contributed by atoms with Gasteiger partial charge in [0.2, 0.25) is 0 Å². The van der Waals surface area contributed by atoms with E-state index in [1.54, 1.807) is 23.4 Å². The summed E-state index contributed by atoms with van der Waals surface area (Å²) in [7, 11) is 0. The maximum atomic E-state index is 11.9. The molecule has 0 fully saturated rings. The Morgan fingerprint density at radius 3 is 2.89 bits per heavy atom. The number of hydrogen-bond donors (Lipinski definition) is 0. The van der Waals surface area contributed by atoms with Crippen LogP contribution in [0.25, 0.3) is 0 Å². The number of carbonyl (C=O) groups excluding carboxylic acids is 1. The van der Waals surface area contributed by atoms with E-state index in [4.69, 9.17) is 4.74 Å². The van der Waals surface area contributed by atoms with E-state index < -0.39 is 0 Å². The van der Waals surface area contributed by atoms with Crippen LogP contribution in [0.4, 0.5) is 4.79 Å². The van der Waals surface area contributed by atoms with Gasteiger partial charge >= 0.3 is 6.09 Å². The van der Waals surface area contributed by atoms with E-state index in [1.807, 2.05) is 22.8 Å². The SMILES string of the molecule is O=C(Oc1ccccc1)N1CCn2cnnc2C1. The predicted molar refractivity (Wildman–Crippen MR) is 62.9 cm³/mol. The first-order valence-corrected chi connectivity index (χ1v) is 5.71. The highest BCUT2D eigenvalue weighted by atomic mass is 16.6. The molecule has 6 nitrogen and oxygen atoms in total. The fourth-order valence-corrected chi connectivity index (χ4v) is 1.88. The third-order valence-corrected chi connectivity index (χ3v) is 2.85. The number of nitrogens with zero attached hydrogens (tertiary/aromatic N) is 4. The molecule has 0 radical (unpaired) electrons. The molecular formula is C12H12N4O2. The van der Waals surface area contributed by atoms with Crippen LogP contribution in [0.15, 0.2) is 36.7 Å². The molecule has 3 rings (SSSR count). The normalized spacial score (nSPS) is 14.1. The zero-order valence-electron chi connectivity index (χ0n) is 9.69. The Balaban J connectivity index is 1.68. The molecule has 0 unspecified atom stereocenters. The smallest absolute Gasteiger partial charge is 0.410 e. The van der Waals surface area contributed by atoms with Crippen LogP contribution >= 0.6 is 0 Å². The number of hydrogen-bond acceptors (Lipinski definition) is 4. The summed E-state index contributed by atoms with van der Waals surface area (Å²) in [6.45, 7) is 1.74. The summed E-state index contributed by atoms with van der Waals surface area (Å²) in [6.07, 6.45) is 1.32. The van der Waals surface area contributed by atoms with Crippen LogP contribution in [0.5, 0.6) is 5.75 Å². The number of para-hydroxylation sites is 1. The molecule has 2 aromatic rings. The zero-order valence-corrected chi connectivity index (χ0v) is 9.69. The van der Waals surface area contributed by atoms with E-state index in [0.29, 0.717) is 25.4 Å². The number of benzene rings is 1. The lowest BCUT2D eigenvalue weighted by atomic mass is 10.3. The molecule has 2 heterocycles. The number of ether oxygens (including phenoxy) is 1. The van der Waals surface area contributed by atoms with Crippen LogP contribution in [-0.2, 0) is 13.1 Å². The Hall–Kier alpha value is -2.37. The molecule has 1 aliphatic rings. The summed E-state index contributed by atoms with van der Waals surface area (Å²) in [5.41, 5.74) is 0. The van der Waals surface area contributed by atoms with Crippen molar-refractivity contribution in [1.82, 2.24) is 19.7 Å². The van der Waals surface area contributed by atoms with Crippen LogP contribution in [0, 0.1) is 0 Å². The molecule has 1 amide bonds. The topological polar surface area (TPSA) is 60.2 Å². The molecule has 0 N–H and O–H groups in total. The second-order valence-corrected chi connectivity index (χ2v) is 4.04. The van der Waals surface area contributed by atoms with Crippen molar-refractivity contribution >= 4 is 6.09 Å². The predicted octanol–water partition coefficient (Wildman–Crippen LogP) is 1.29. The van der Waals surface area contributed by atoms with Gasteiger partial charge in [-0.2, -0.15) is 0 Å². The molecule has 1 aromatic carbocycles. The first kappa shape index (κ1) is 10.8. The van der Waals surface area contributed by atoms with Gasteiger partial charge in [0.25, 0.3) is 0 Å². The summed E-state index contributed by atoms with van der Waals surface area (Å²) in [6, 6.07) is 9.04. The van der Waals surface area contributed by atoms with Gasteiger partial charge in [-0.05, 0) is 12.1 Å². The number of rotatable bonds is 1. The third kappa shape index (κ3) is 2.04. The standard InChI is InChI=1S/C12H12N4O2/c17-12(18-10-4-2-1-3-5-10)15-6-7-16-9-13-14-11(16)8-15/h1-5,9H,6-8H2. The van der Waals surface area contributed by atoms with Gasteiger partial charge in [-0.3, -0.25) is 4.90 Å². The molecule has 0 saturated heterocycles. The minimum absolute atomic E-state index is 0.351. The Bertz CT molecular complexity index is 552. The number of carbonyl (C=O) groups is 1. The van der Waals surface area contributed by atoms with Gasteiger partial charge in [-0.25, -0.2) is 4.79 Å². The van der Waals surface area contributed by atoms with E-state index >= 15 is 0 Å². The largest absolute Gasteiger partial charge is 0.415 e. The fourth-order valence-electron chi connectivity index (χ4n) is 1.88. The lowest BCUT2D eigenvalue weighted by molar-refractivity contribution is 0.138. The molecule has 0 spiro atoms. The lowest BCUT2D eigenvalue weighted by Crippen LogP contribution is -2.39. The highest BCUT2D eigenvalue weighted by Crippen LogP contribution is 2.14. The minimum atomic E-state index is -0.351. The van der Waals surface area contributed by atoms with E-state index in [2.05, 4.69) is 10.2 Å². The first-order valence-electron chi connectivity index (χ1n) is 5.71. The molecular weight excluding hydrogens is 232 g/mol. The summed E-state index contributed by atoms with van der Waals surface area (Å²) in [4.78, 5) is 13.6. The molecule has 1 aliphatic heterocycles. The van der Waals surface area contributed by atoms with E-state index in [-0.39, 0.29) is 6.09 Å². The van der Waals surface area contributed by atoms with Crippen molar-refractivity contribution < 1.29 is 9.53 Å². The zero-order chi connectivity index (χ0) is 12.4. The van der Waals surface area contributed by atoms with E-state index in [1.165, 1.54) is 0 Å². The van der Waals surface area contributed by atoms with Gasteiger partial charge in [0, 0.05) is 13.1 Å². The molecule has 0 saturated carbocycles. The summed E-state index contributed by atoms with van der Waals surface area (Å²) in [5.74, 6) is 1.33. The number of fused-ring (bicyclic) bond motifs is 1. The quantitative estimate of drug-likeness (QED) is 0.758. The van der Waals surface area contributed by atoms with Crippen molar-refractivity contribution in [3.8, 4) is 5.75 Å². The monoisotopic (exact) mass is 244 g/mol. The Labute approximate surface area is 104 Å². The molecule has 18 heavy (non-hydrogen) atoms. The molecule has 0 atom stereocenters. The maximum Gasteiger partial charge on any atom is 0.415 e. The Morgan fingerprint density at radius 2 is 2.06 bits per heavy atom. The second kappa shape index (κ2) is 4.48. The van der Waals surface area contributed by atoms with Gasteiger partial charge < -0.3 is 9.30 Å². The number of aromatic nitrogens is 3. The summed E-state index contributed by atoms with van der Waals surface area (Å²) >= 11 is 0. The van der Waals surface area contributed by atoms with Gasteiger partial charge in [0.15, 0.2) is 5.82 Å². The van der Waals surface area contributed by atoms with Crippen LogP contribution in [0.2, 0.25) is 0 Å². The first-order chi connectivity index (χ1) is 8.83. The number of amides is 1. The molecule has 6 heteroatoms. The van der Waals surface area contributed by atoms with Crippen molar-refractivity contribution in [2.75, 3.05) is 6.54 Å². The highest BCUT2D eigenvalue weighted by Gasteiger charge is 2.23. The fraction of sp³-hybridized carbons (Fsp3) is 0.250. The van der Waals surface area contributed by atoms with Crippen molar-refractivity contribution in [3.05, 3.63) is 42.5 Å². The average molecular weight is 244 g/mol. The minimum Gasteiger partial charge on any atom is -0.410 e. The van der Waals surface area contributed by atoms with Gasteiger partial charge in [0.1, 0.15) is 12.1 Å². The molecule has 0 aliphatic carbocycles. The van der Waals surface area contributed by atoms with E-state index in [0.717, 1.165) is 5.82 Å². The van der Waals surface area contributed by atoms with Crippen LogP contribution < -0.4 is 4.74 Å². The summed E-state index contributed by atoms with van der Waals surface area (Å²) < 4.78 is 7.21. The molecule has 0 bridgehead atoms. The maximum absolute atomic E-state index is 11.9. The average Bonchev–Trinajstić information content (AvgIpc) is 2.87. The highest BCUT2D eigenvalue weighted by molar-refractivity contribution is 5.70. The molecule has 92 valence electrons. The van der Waals surface area contributed by atoms with Crippen molar-refractivity contribution in [2.24, 2.45) is 0 Å². The van der Waals surface area contributed by atoms with Gasteiger partial charge in [0.05, 0.1) is 6.54 Å². The summed E-state index contributed by atoms with van der Waals surface area (Å²) in [5, 5.41) is 7.78. The second-order valence-electron chi connectivity index (χ2n) is 4.04. The van der Waals surface area contributed by atoms with E-state index in [9.17, 15) is 4.79 Å². The van der Waals surface area contributed by atoms with Crippen molar-refractivity contribution in [1.29, 1.82) is 0 Å². The third-order valence-electron chi connectivity index (χ3n) is 2.85. The lowest BCUT2D eigenvalue weighted by Gasteiger charge is -2.26. The Morgan fingerprint density at radius 1 is 1.22 bits per heavy atom. The van der Waals surface area contributed by atoms with Crippen molar-refractivity contribution in [2.45, 2.75) is 13.1 Å². The van der Waals surface area contributed by atoms with Gasteiger partial charge in [-0.15, -0.1) is 10.2 Å².